The number of thiophene rings is 1. The Morgan fingerprint density at radius 2 is 2.10 bits per heavy atom. The van der Waals surface area contributed by atoms with E-state index in [1.165, 1.54) is 13.0 Å². The van der Waals surface area contributed by atoms with Gasteiger partial charge in [0.05, 0.1) is 13.2 Å². The van der Waals surface area contributed by atoms with Crippen LogP contribution in [0.4, 0.5) is 0 Å². The van der Waals surface area contributed by atoms with Gasteiger partial charge in [-0.05, 0) is 32.9 Å². The molecular weight excluding hydrogens is 302 g/mol. The average molecular weight is 321 g/mol. The topological polar surface area (TPSA) is 81.7 Å². The van der Waals surface area contributed by atoms with Crippen LogP contribution in [0.1, 0.15) is 18.7 Å². The lowest BCUT2D eigenvalue weighted by molar-refractivity contribution is -0.130. The van der Waals surface area contributed by atoms with Gasteiger partial charge in [-0.3, -0.25) is 4.79 Å². The molecular formula is C12H19NO5S2. The Morgan fingerprint density at radius 3 is 2.65 bits per heavy atom. The smallest absolute Gasteiger partial charge is 0.273 e. The van der Waals surface area contributed by atoms with Gasteiger partial charge in [0.1, 0.15) is 10.3 Å². The quantitative estimate of drug-likeness (QED) is 0.730. The fourth-order valence-corrected chi connectivity index (χ4v) is 3.65. The van der Waals surface area contributed by atoms with Gasteiger partial charge in [0.25, 0.3) is 15.9 Å². The molecule has 8 heteroatoms. The molecule has 1 aromatic rings. The summed E-state index contributed by atoms with van der Waals surface area (Å²) < 4.78 is 36.2. The Bertz CT molecular complexity index is 538. The highest BCUT2D eigenvalue weighted by molar-refractivity contribution is 7.92. The molecule has 0 saturated carbocycles. The largest absolute Gasteiger partial charge is 0.379 e. The number of carbonyl (C=O) groups is 1. The molecule has 0 aliphatic heterocycles. The highest BCUT2D eigenvalue weighted by Gasteiger charge is 2.23. The summed E-state index contributed by atoms with van der Waals surface area (Å²) in [6, 6.07) is 3.15. The summed E-state index contributed by atoms with van der Waals surface area (Å²) in [6.45, 7) is 6.31. The summed E-state index contributed by atoms with van der Waals surface area (Å²) in [5, 5.41) is 0. The standard InChI is InChI=1S/C12H19NO5S2/c1-4-17-7-8-18-10(3)12(14)13-20(15,16)11-6-5-9(2)19-11/h5-6,10H,4,7-8H2,1-3H3,(H,13,14)/t10-/m0/s1. The number of ether oxygens (including phenoxy) is 2. The lowest BCUT2D eigenvalue weighted by Crippen LogP contribution is -2.38. The van der Waals surface area contributed by atoms with Crippen molar-refractivity contribution in [3.8, 4) is 0 Å². The Balaban J connectivity index is 2.52. The van der Waals surface area contributed by atoms with Gasteiger partial charge in [-0.15, -0.1) is 11.3 Å². The van der Waals surface area contributed by atoms with Gasteiger partial charge in [-0.2, -0.15) is 0 Å². The molecule has 114 valence electrons. The summed E-state index contributed by atoms with van der Waals surface area (Å²) in [5.41, 5.74) is 0. The molecule has 1 atom stereocenters. The van der Waals surface area contributed by atoms with E-state index in [1.54, 1.807) is 13.0 Å². The SMILES string of the molecule is CCOCCO[C@@H](C)C(=O)NS(=O)(=O)c1ccc(C)s1. The molecule has 1 aromatic heterocycles. The number of hydrogen-bond donors (Lipinski definition) is 1. The van der Waals surface area contributed by atoms with E-state index in [-0.39, 0.29) is 10.8 Å². The van der Waals surface area contributed by atoms with Gasteiger partial charge < -0.3 is 9.47 Å². The third kappa shape index (κ3) is 5.20. The minimum atomic E-state index is -3.81. The molecule has 1 heterocycles. The Morgan fingerprint density at radius 1 is 1.40 bits per heavy atom. The van der Waals surface area contributed by atoms with Crippen LogP contribution in [0, 0.1) is 6.92 Å². The predicted octanol–water partition coefficient (Wildman–Crippen LogP) is 1.30. The van der Waals surface area contributed by atoms with Crippen molar-refractivity contribution in [3.63, 3.8) is 0 Å². The van der Waals surface area contributed by atoms with Gasteiger partial charge >= 0.3 is 0 Å². The number of hydrogen-bond acceptors (Lipinski definition) is 6. The van der Waals surface area contributed by atoms with Gasteiger partial charge in [0, 0.05) is 11.5 Å². The van der Waals surface area contributed by atoms with Gasteiger partial charge in [-0.1, -0.05) is 0 Å². The number of aryl methyl sites for hydroxylation is 1. The van der Waals surface area contributed by atoms with Crippen molar-refractivity contribution in [1.29, 1.82) is 0 Å². The highest BCUT2D eigenvalue weighted by atomic mass is 32.2. The van der Waals surface area contributed by atoms with E-state index in [1.807, 2.05) is 11.6 Å². The second-order valence-corrected chi connectivity index (χ2v) is 7.24. The maximum atomic E-state index is 11.9. The van der Waals surface area contributed by atoms with Crippen LogP contribution in [0.2, 0.25) is 0 Å². The average Bonchev–Trinajstić information content (AvgIpc) is 2.81. The van der Waals surface area contributed by atoms with Crippen molar-refractivity contribution < 1.29 is 22.7 Å². The fourth-order valence-electron chi connectivity index (χ4n) is 1.33. The monoisotopic (exact) mass is 321 g/mol. The van der Waals surface area contributed by atoms with Crippen molar-refractivity contribution in [3.05, 3.63) is 17.0 Å². The van der Waals surface area contributed by atoms with E-state index < -0.39 is 22.0 Å². The maximum Gasteiger partial charge on any atom is 0.273 e. The predicted molar refractivity (Wildman–Crippen MR) is 76.3 cm³/mol. The first-order valence-corrected chi connectivity index (χ1v) is 8.49. The molecule has 0 aliphatic carbocycles. The van der Waals surface area contributed by atoms with E-state index in [0.717, 1.165) is 16.2 Å². The van der Waals surface area contributed by atoms with Crippen molar-refractivity contribution >= 4 is 27.3 Å². The van der Waals surface area contributed by atoms with Crippen LogP contribution in [-0.2, 0) is 24.3 Å². The van der Waals surface area contributed by atoms with E-state index in [0.29, 0.717) is 13.2 Å². The number of nitrogens with one attached hydrogen (secondary N) is 1. The summed E-state index contributed by atoms with van der Waals surface area (Å²) in [7, 11) is -3.81. The number of rotatable bonds is 8. The summed E-state index contributed by atoms with van der Waals surface area (Å²) in [6.07, 6.45) is -0.855. The third-order valence-corrected chi connectivity index (χ3v) is 5.22. The van der Waals surface area contributed by atoms with Crippen LogP contribution in [0.15, 0.2) is 16.3 Å². The Hall–Kier alpha value is -0.960. The van der Waals surface area contributed by atoms with Crippen LogP contribution in [0.25, 0.3) is 0 Å². The molecule has 0 saturated heterocycles. The molecule has 0 radical (unpaired) electrons. The fraction of sp³-hybridized carbons (Fsp3) is 0.583. The molecule has 0 fully saturated rings. The minimum Gasteiger partial charge on any atom is -0.379 e. The molecule has 0 aliphatic rings. The van der Waals surface area contributed by atoms with Gasteiger partial charge in [-0.25, -0.2) is 13.1 Å². The molecule has 20 heavy (non-hydrogen) atoms. The van der Waals surface area contributed by atoms with Gasteiger partial charge in [0.15, 0.2) is 0 Å². The van der Waals surface area contributed by atoms with Crippen LogP contribution in [0.3, 0.4) is 0 Å². The van der Waals surface area contributed by atoms with Crippen molar-refractivity contribution in [2.75, 3.05) is 19.8 Å². The van der Waals surface area contributed by atoms with Crippen LogP contribution >= 0.6 is 11.3 Å². The molecule has 6 nitrogen and oxygen atoms in total. The summed E-state index contributed by atoms with van der Waals surface area (Å²) in [5.74, 6) is -0.687. The van der Waals surface area contributed by atoms with Crippen molar-refractivity contribution in [2.24, 2.45) is 0 Å². The lowest BCUT2D eigenvalue weighted by atomic mass is 10.4. The first kappa shape index (κ1) is 17.1. The van der Waals surface area contributed by atoms with E-state index in [4.69, 9.17) is 9.47 Å². The van der Waals surface area contributed by atoms with Crippen LogP contribution in [0.5, 0.6) is 0 Å². The molecule has 1 rings (SSSR count). The second kappa shape index (κ2) is 7.72. The zero-order valence-corrected chi connectivity index (χ0v) is 13.3. The molecule has 0 spiro atoms. The Kier molecular flexibility index (Phi) is 6.60. The first-order valence-electron chi connectivity index (χ1n) is 6.19. The molecule has 1 N–H and O–H groups in total. The molecule has 1 amide bonds. The minimum absolute atomic E-state index is 0.116. The summed E-state index contributed by atoms with van der Waals surface area (Å²) >= 11 is 1.11. The number of sulfonamides is 1. The van der Waals surface area contributed by atoms with Crippen LogP contribution in [-0.4, -0.2) is 40.2 Å². The first-order chi connectivity index (χ1) is 9.36. The lowest BCUT2D eigenvalue weighted by Gasteiger charge is -2.13. The molecule has 0 unspecified atom stereocenters. The second-order valence-electron chi connectivity index (χ2n) is 4.04. The van der Waals surface area contributed by atoms with Gasteiger partial charge in [0.2, 0.25) is 0 Å². The summed E-state index contributed by atoms with van der Waals surface area (Å²) in [4.78, 5) is 12.6. The zero-order chi connectivity index (χ0) is 15.2. The Labute approximate surface area is 123 Å². The number of carbonyl (C=O) groups excluding carboxylic acids is 1. The van der Waals surface area contributed by atoms with Crippen molar-refractivity contribution in [1.82, 2.24) is 4.72 Å². The maximum absolute atomic E-state index is 11.9. The molecule has 0 aromatic carbocycles. The van der Waals surface area contributed by atoms with Crippen LogP contribution < -0.4 is 4.72 Å². The normalized spacial score (nSPS) is 13.2. The van der Waals surface area contributed by atoms with E-state index >= 15 is 0 Å². The van der Waals surface area contributed by atoms with E-state index in [9.17, 15) is 13.2 Å². The van der Waals surface area contributed by atoms with E-state index in [2.05, 4.69) is 0 Å². The third-order valence-electron chi connectivity index (χ3n) is 2.38. The molecule has 0 bridgehead atoms. The number of amides is 1. The zero-order valence-electron chi connectivity index (χ0n) is 11.7. The highest BCUT2D eigenvalue weighted by Crippen LogP contribution is 2.20. The van der Waals surface area contributed by atoms with Crippen molar-refractivity contribution in [2.45, 2.75) is 31.1 Å².